The molecular weight excluding hydrogens is 233 g/mol. The number of piperazine rings is 1. The Morgan fingerprint density at radius 1 is 1.39 bits per heavy atom. The van der Waals surface area contributed by atoms with E-state index in [0.717, 1.165) is 13.1 Å². The van der Waals surface area contributed by atoms with Crippen molar-refractivity contribution in [3.05, 3.63) is 35.6 Å². The van der Waals surface area contributed by atoms with Crippen molar-refractivity contribution in [2.75, 3.05) is 33.2 Å². The van der Waals surface area contributed by atoms with Crippen molar-refractivity contribution in [2.45, 2.75) is 6.04 Å². The van der Waals surface area contributed by atoms with Crippen molar-refractivity contribution in [3.63, 3.8) is 0 Å². The average molecular weight is 251 g/mol. The first-order valence-corrected chi connectivity index (χ1v) is 6.07. The standard InChI is InChI=1S/C13H18FN3O/c1-16-6-7-17(12(8-15)9-16)13(18)10-2-4-11(14)5-3-10/h2-5,12H,6-9,15H2,1H3. The summed E-state index contributed by atoms with van der Waals surface area (Å²) in [5.74, 6) is -0.404. The lowest BCUT2D eigenvalue weighted by atomic mass is 10.1. The summed E-state index contributed by atoms with van der Waals surface area (Å²) < 4.78 is 12.8. The largest absolute Gasteiger partial charge is 0.332 e. The maximum absolute atomic E-state index is 12.8. The number of nitrogens with zero attached hydrogens (tertiary/aromatic N) is 2. The maximum atomic E-state index is 12.8. The molecule has 0 aromatic heterocycles. The van der Waals surface area contributed by atoms with Gasteiger partial charge in [0.25, 0.3) is 5.91 Å². The zero-order chi connectivity index (χ0) is 13.1. The molecule has 1 aromatic rings. The van der Waals surface area contributed by atoms with Gasteiger partial charge in [-0.3, -0.25) is 4.79 Å². The normalized spacial score (nSPS) is 21.1. The van der Waals surface area contributed by atoms with E-state index in [4.69, 9.17) is 5.73 Å². The van der Waals surface area contributed by atoms with Gasteiger partial charge in [-0.05, 0) is 31.3 Å². The molecule has 0 saturated carbocycles. The molecule has 1 aliphatic rings. The molecule has 1 amide bonds. The first-order valence-electron chi connectivity index (χ1n) is 6.07. The van der Waals surface area contributed by atoms with Crippen LogP contribution >= 0.6 is 0 Å². The number of rotatable bonds is 2. The third-order valence-corrected chi connectivity index (χ3v) is 3.31. The molecule has 0 bridgehead atoms. The Morgan fingerprint density at radius 3 is 2.67 bits per heavy atom. The van der Waals surface area contributed by atoms with E-state index in [1.807, 2.05) is 7.05 Å². The molecule has 1 aliphatic heterocycles. The average Bonchev–Trinajstić information content (AvgIpc) is 2.38. The van der Waals surface area contributed by atoms with Crippen molar-refractivity contribution in [2.24, 2.45) is 5.73 Å². The number of amides is 1. The highest BCUT2D eigenvalue weighted by atomic mass is 19.1. The summed E-state index contributed by atoms with van der Waals surface area (Å²) >= 11 is 0. The van der Waals surface area contributed by atoms with Crippen molar-refractivity contribution in [1.29, 1.82) is 0 Å². The fraction of sp³-hybridized carbons (Fsp3) is 0.462. The topological polar surface area (TPSA) is 49.6 Å². The van der Waals surface area contributed by atoms with Crippen LogP contribution in [0.4, 0.5) is 4.39 Å². The smallest absolute Gasteiger partial charge is 0.254 e. The number of benzene rings is 1. The Labute approximate surface area is 106 Å². The fourth-order valence-corrected chi connectivity index (χ4v) is 2.24. The van der Waals surface area contributed by atoms with Gasteiger partial charge in [0.15, 0.2) is 0 Å². The lowest BCUT2D eigenvalue weighted by Crippen LogP contribution is -2.56. The van der Waals surface area contributed by atoms with Crippen LogP contribution in [0.5, 0.6) is 0 Å². The molecule has 1 atom stereocenters. The minimum absolute atomic E-state index is 0.0290. The number of hydrogen-bond donors (Lipinski definition) is 1. The lowest BCUT2D eigenvalue weighted by Gasteiger charge is -2.39. The molecule has 5 heteroatoms. The Kier molecular flexibility index (Phi) is 3.93. The van der Waals surface area contributed by atoms with E-state index in [1.165, 1.54) is 24.3 Å². The number of carbonyl (C=O) groups excluding carboxylic acids is 1. The predicted molar refractivity (Wildman–Crippen MR) is 67.8 cm³/mol. The Morgan fingerprint density at radius 2 is 2.06 bits per heavy atom. The number of hydrogen-bond acceptors (Lipinski definition) is 3. The van der Waals surface area contributed by atoms with Crippen molar-refractivity contribution in [3.8, 4) is 0 Å². The summed E-state index contributed by atoms with van der Waals surface area (Å²) in [7, 11) is 2.02. The molecule has 98 valence electrons. The highest BCUT2D eigenvalue weighted by Gasteiger charge is 2.28. The number of halogens is 1. The monoisotopic (exact) mass is 251 g/mol. The molecule has 4 nitrogen and oxygen atoms in total. The molecule has 1 unspecified atom stereocenters. The van der Waals surface area contributed by atoms with Crippen LogP contribution in [-0.2, 0) is 0 Å². The van der Waals surface area contributed by atoms with E-state index in [2.05, 4.69) is 4.90 Å². The van der Waals surface area contributed by atoms with Crippen molar-refractivity contribution < 1.29 is 9.18 Å². The van der Waals surface area contributed by atoms with Crippen LogP contribution in [0, 0.1) is 5.82 Å². The predicted octanol–water partition coefficient (Wildman–Crippen LogP) is 0.541. The molecule has 2 N–H and O–H groups in total. The van der Waals surface area contributed by atoms with Crippen LogP contribution in [-0.4, -0.2) is 55.0 Å². The second-order valence-corrected chi connectivity index (χ2v) is 4.66. The van der Waals surface area contributed by atoms with Crippen molar-refractivity contribution in [1.82, 2.24) is 9.80 Å². The number of nitrogens with two attached hydrogens (primary N) is 1. The summed E-state index contributed by atoms with van der Waals surface area (Å²) in [4.78, 5) is 16.3. The van der Waals surface area contributed by atoms with Gasteiger partial charge < -0.3 is 15.5 Å². The van der Waals surface area contributed by atoms with Gasteiger partial charge in [-0.25, -0.2) is 4.39 Å². The van der Waals surface area contributed by atoms with Crippen molar-refractivity contribution >= 4 is 5.91 Å². The number of likely N-dealkylation sites (N-methyl/N-ethyl adjacent to an activating group) is 1. The van der Waals surface area contributed by atoms with Gasteiger partial charge in [-0.15, -0.1) is 0 Å². The van der Waals surface area contributed by atoms with E-state index in [-0.39, 0.29) is 17.8 Å². The number of carbonyl (C=O) groups is 1. The van der Waals surface area contributed by atoms with Gasteiger partial charge in [-0.2, -0.15) is 0 Å². The highest BCUT2D eigenvalue weighted by molar-refractivity contribution is 5.94. The molecular formula is C13H18FN3O. The molecule has 0 aliphatic carbocycles. The summed E-state index contributed by atoms with van der Waals surface area (Å²) in [5, 5.41) is 0. The Bertz CT molecular complexity index is 421. The van der Waals surface area contributed by atoms with Gasteiger partial charge in [-0.1, -0.05) is 0 Å². The first-order chi connectivity index (χ1) is 8.61. The quantitative estimate of drug-likeness (QED) is 0.834. The van der Waals surface area contributed by atoms with E-state index in [1.54, 1.807) is 4.90 Å². The molecule has 1 fully saturated rings. The summed E-state index contributed by atoms with van der Waals surface area (Å²) in [6.07, 6.45) is 0. The van der Waals surface area contributed by atoms with Crippen LogP contribution in [0.2, 0.25) is 0 Å². The second-order valence-electron chi connectivity index (χ2n) is 4.66. The van der Waals surface area contributed by atoms with Gasteiger partial charge in [0.2, 0.25) is 0 Å². The first kappa shape index (κ1) is 13.0. The molecule has 0 spiro atoms. The summed E-state index contributed by atoms with van der Waals surface area (Å²) in [6.45, 7) is 2.72. The SMILES string of the molecule is CN1CCN(C(=O)c2ccc(F)cc2)C(CN)C1. The molecule has 1 saturated heterocycles. The van der Waals surface area contributed by atoms with E-state index >= 15 is 0 Å². The lowest BCUT2D eigenvalue weighted by molar-refractivity contribution is 0.0516. The van der Waals surface area contributed by atoms with Crippen LogP contribution in [0.3, 0.4) is 0 Å². The highest BCUT2D eigenvalue weighted by Crippen LogP contribution is 2.13. The van der Waals surface area contributed by atoms with Gasteiger partial charge in [0.1, 0.15) is 5.82 Å². The van der Waals surface area contributed by atoms with Crippen LogP contribution < -0.4 is 5.73 Å². The summed E-state index contributed by atoms with van der Waals surface area (Å²) in [5.41, 5.74) is 6.23. The van der Waals surface area contributed by atoms with E-state index in [0.29, 0.717) is 18.7 Å². The van der Waals surface area contributed by atoms with Gasteiger partial charge >= 0.3 is 0 Å². The Balaban J connectivity index is 2.14. The summed E-state index contributed by atoms with van der Waals surface area (Å²) in [6, 6.07) is 5.68. The van der Waals surface area contributed by atoms with Gasteiger partial charge in [0.05, 0.1) is 6.04 Å². The van der Waals surface area contributed by atoms with Gasteiger partial charge in [0, 0.05) is 31.7 Å². The zero-order valence-electron chi connectivity index (χ0n) is 10.5. The second kappa shape index (κ2) is 5.46. The minimum atomic E-state index is -0.333. The Hall–Kier alpha value is -1.46. The van der Waals surface area contributed by atoms with E-state index < -0.39 is 0 Å². The third kappa shape index (κ3) is 2.68. The molecule has 1 heterocycles. The molecule has 18 heavy (non-hydrogen) atoms. The van der Waals surface area contributed by atoms with E-state index in [9.17, 15) is 9.18 Å². The molecule has 1 aromatic carbocycles. The van der Waals surface area contributed by atoms with Crippen LogP contribution in [0.15, 0.2) is 24.3 Å². The molecule has 0 radical (unpaired) electrons. The minimum Gasteiger partial charge on any atom is -0.332 e. The third-order valence-electron chi connectivity index (χ3n) is 3.31. The van der Waals surface area contributed by atoms with Crippen LogP contribution in [0.1, 0.15) is 10.4 Å². The maximum Gasteiger partial charge on any atom is 0.254 e. The zero-order valence-corrected chi connectivity index (χ0v) is 10.5. The fourth-order valence-electron chi connectivity index (χ4n) is 2.24. The molecule has 2 rings (SSSR count). The van der Waals surface area contributed by atoms with Crippen LogP contribution in [0.25, 0.3) is 0 Å².